The van der Waals surface area contributed by atoms with Gasteiger partial charge in [-0.25, -0.2) is 4.98 Å². The number of thiophene rings is 1. The Bertz CT molecular complexity index is 1290. The van der Waals surface area contributed by atoms with Gasteiger partial charge in [-0.2, -0.15) is 13.2 Å². The zero-order valence-corrected chi connectivity index (χ0v) is 19.5. The van der Waals surface area contributed by atoms with E-state index in [-0.39, 0.29) is 49.0 Å². The fourth-order valence-corrected chi connectivity index (χ4v) is 4.93. The molecule has 34 heavy (non-hydrogen) atoms. The van der Waals surface area contributed by atoms with Crippen LogP contribution in [-0.2, 0) is 17.5 Å². The Morgan fingerprint density at radius 3 is 2.26 bits per heavy atom. The van der Waals surface area contributed by atoms with E-state index in [0.717, 1.165) is 22.6 Å². The van der Waals surface area contributed by atoms with E-state index in [1.807, 2.05) is 13.8 Å². The van der Waals surface area contributed by atoms with Crippen LogP contribution >= 0.6 is 11.3 Å². The number of amides is 2. The fourth-order valence-electron chi connectivity index (χ4n) is 3.95. The molecule has 3 aromatic rings. The lowest BCUT2D eigenvalue weighted by Crippen LogP contribution is -2.50. The summed E-state index contributed by atoms with van der Waals surface area (Å²) in [6.07, 6.45) is -2.86. The minimum Gasteiger partial charge on any atom is -0.339 e. The number of aryl methyl sites for hydroxylation is 3. The number of piperazine rings is 1. The first kappa shape index (κ1) is 23.9. The first-order valence-corrected chi connectivity index (χ1v) is 11.6. The highest BCUT2D eigenvalue weighted by Crippen LogP contribution is 2.29. The Morgan fingerprint density at radius 2 is 1.65 bits per heavy atom. The van der Waals surface area contributed by atoms with E-state index >= 15 is 0 Å². The first-order valence-electron chi connectivity index (χ1n) is 10.8. The van der Waals surface area contributed by atoms with Gasteiger partial charge in [-0.15, -0.1) is 11.3 Å². The minimum atomic E-state index is -4.46. The van der Waals surface area contributed by atoms with Crippen molar-refractivity contribution in [2.75, 3.05) is 26.2 Å². The molecule has 0 radical (unpaired) electrons. The van der Waals surface area contributed by atoms with E-state index in [9.17, 15) is 27.6 Å². The van der Waals surface area contributed by atoms with Crippen molar-refractivity contribution >= 4 is 33.4 Å². The normalized spacial score (nSPS) is 14.6. The molecule has 0 bridgehead atoms. The summed E-state index contributed by atoms with van der Waals surface area (Å²) in [4.78, 5) is 47.3. The van der Waals surface area contributed by atoms with Gasteiger partial charge in [0, 0.05) is 49.6 Å². The predicted molar refractivity (Wildman–Crippen MR) is 122 cm³/mol. The number of benzene rings is 1. The second kappa shape index (κ2) is 9.21. The highest BCUT2D eigenvalue weighted by atomic mass is 32.1. The van der Waals surface area contributed by atoms with Crippen LogP contribution in [0.4, 0.5) is 13.2 Å². The molecular formula is C23H23F3N4O3S. The van der Waals surface area contributed by atoms with E-state index in [2.05, 4.69) is 4.98 Å². The number of carbonyl (C=O) groups is 2. The van der Waals surface area contributed by atoms with Crippen molar-refractivity contribution in [2.45, 2.75) is 33.0 Å². The number of aromatic nitrogens is 2. The Hall–Kier alpha value is -3.21. The van der Waals surface area contributed by atoms with E-state index in [4.69, 9.17) is 0 Å². The monoisotopic (exact) mass is 492 g/mol. The molecule has 0 N–H and O–H groups in total. The summed E-state index contributed by atoms with van der Waals surface area (Å²) in [5, 5.41) is 0.591. The maximum atomic E-state index is 12.8. The van der Waals surface area contributed by atoms with E-state index < -0.39 is 11.7 Å². The third-order valence-corrected chi connectivity index (χ3v) is 7.22. The topological polar surface area (TPSA) is 75.5 Å². The van der Waals surface area contributed by atoms with Gasteiger partial charge in [0.25, 0.3) is 11.5 Å². The molecule has 1 aliphatic rings. The lowest BCUT2D eigenvalue weighted by Gasteiger charge is -2.35. The van der Waals surface area contributed by atoms with Gasteiger partial charge in [0.1, 0.15) is 4.83 Å². The largest absolute Gasteiger partial charge is 0.416 e. The summed E-state index contributed by atoms with van der Waals surface area (Å²) in [5.41, 5.74) is 0.116. The molecule has 180 valence electrons. The average Bonchev–Trinajstić information content (AvgIpc) is 3.11. The summed E-state index contributed by atoms with van der Waals surface area (Å²) < 4.78 is 39.6. The van der Waals surface area contributed by atoms with E-state index in [1.54, 1.807) is 4.90 Å². The van der Waals surface area contributed by atoms with Gasteiger partial charge < -0.3 is 9.80 Å². The smallest absolute Gasteiger partial charge is 0.339 e. The van der Waals surface area contributed by atoms with Crippen LogP contribution in [-0.4, -0.2) is 57.3 Å². The molecule has 7 nitrogen and oxygen atoms in total. The minimum absolute atomic E-state index is 0.127. The average molecular weight is 493 g/mol. The quantitative estimate of drug-likeness (QED) is 0.559. The standard InChI is InChI=1S/C23H23F3N4O3S/c1-14-15(2)34-20-19(14)22(33)30(13-27-20)8-7-18(31)28-9-11-29(12-10-28)21(32)16-3-5-17(6-4-16)23(24,25)26/h3-6,13H,7-12H2,1-2H3. The number of hydrogen-bond acceptors (Lipinski definition) is 5. The SMILES string of the molecule is Cc1sc2ncn(CCC(=O)N3CCN(C(=O)c4ccc(C(F)(F)F)cc4)CC3)c(=O)c2c1C. The van der Waals surface area contributed by atoms with Gasteiger partial charge in [0.05, 0.1) is 17.3 Å². The number of hydrogen-bond donors (Lipinski definition) is 0. The highest BCUT2D eigenvalue weighted by Gasteiger charge is 2.31. The van der Waals surface area contributed by atoms with Crippen LogP contribution in [0, 0.1) is 13.8 Å². The number of rotatable bonds is 4. The van der Waals surface area contributed by atoms with Crippen LogP contribution in [0.5, 0.6) is 0 Å². The van der Waals surface area contributed by atoms with Crippen molar-refractivity contribution in [1.82, 2.24) is 19.4 Å². The van der Waals surface area contributed by atoms with Gasteiger partial charge in [0.2, 0.25) is 5.91 Å². The summed E-state index contributed by atoms with van der Waals surface area (Å²) in [5.74, 6) is -0.500. The molecule has 1 saturated heterocycles. The van der Waals surface area contributed by atoms with Gasteiger partial charge in [-0.05, 0) is 43.7 Å². The van der Waals surface area contributed by atoms with Gasteiger partial charge in [-0.3, -0.25) is 19.0 Å². The molecule has 11 heteroatoms. The van der Waals surface area contributed by atoms with Crippen LogP contribution in [0.15, 0.2) is 35.4 Å². The number of fused-ring (bicyclic) bond motifs is 1. The second-order valence-electron chi connectivity index (χ2n) is 8.20. The maximum absolute atomic E-state index is 12.8. The third kappa shape index (κ3) is 4.70. The Kier molecular flexibility index (Phi) is 6.48. The zero-order valence-electron chi connectivity index (χ0n) is 18.7. The molecule has 2 aromatic heterocycles. The molecule has 1 aliphatic heterocycles. The van der Waals surface area contributed by atoms with Crippen molar-refractivity contribution in [3.05, 3.63) is 62.5 Å². The van der Waals surface area contributed by atoms with Gasteiger partial charge in [0.15, 0.2) is 0 Å². The van der Waals surface area contributed by atoms with Crippen molar-refractivity contribution in [3.8, 4) is 0 Å². The summed E-state index contributed by atoms with van der Waals surface area (Å²) >= 11 is 1.47. The molecule has 0 saturated carbocycles. The number of carbonyl (C=O) groups excluding carboxylic acids is 2. The van der Waals surface area contributed by atoms with Crippen LogP contribution in [0.25, 0.3) is 10.2 Å². The van der Waals surface area contributed by atoms with Crippen LogP contribution in [0.2, 0.25) is 0 Å². The lowest BCUT2D eigenvalue weighted by atomic mass is 10.1. The molecule has 0 unspecified atom stereocenters. The summed E-state index contributed by atoms with van der Waals surface area (Å²) in [6, 6.07) is 4.12. The second-order valence-corrected chi connectivity index (χ2v) is 9.41. The van der Waals surface area contributed by atoms with E-state index in [0.29, 0.717) is 23.3 Å². The van der Waals surface area contributed by atoms with Crippen molar-refractivity contribution in [3.63, 3.8) is 0 Å². The first-order chi connectivity index (χ1) is 16.1. The maximum Gasteiger partial charge on any atom is 0.416 e. The summed E-state index contributed by atoms with van der Waals surface area (Å²) in [6.45, 7) is 5.24. The lowest BCUT2D eigenvalue weighted by molar-refractivity contribution is -0.137. The molecule has 4 rings (SSSR count). The van der Waals surface area contributed by atoms with Crippen LogP contribution < -0.4 is 5.56 Å². The van der Waals surface area contributed by atoms with Gasteiger partial charge >= 0.3 is 6.18 Å². The molecule has 2 amide bonds. The Labute approximate surface area is 197 Å². The molecule has 3 heterocycles. The molecule has 0 spiro atoms. The van der Waals surface area contributed by atoms with E-state index in [1.165, 1.54) is 39.3 Å². The summed E-state index contributed by atoms with van der Waals surface area (Å²) in [7, 11) is 0. The Morgan fingerprint density at radius 1 is 1.03 bits per heavy atom. The third-order valence-electron chi connectivity index (χ3n) is 6.10. The van der Waals surface area contributed by atoms with Gasteiger partial charge in [-0.1, -0.05) is 0 Å². The number of nitrogens with zero attached hydrogens (tertiary/aromatic N) is 4. The molecule has 0 atom stereocenters. The fraction of sp³-hybridized carbons (Fsp3) is 0.391. The van der Waals surface area contributed by atoms with Crippen molar-refractivity contribution in [2.24, 2.45) is 0 Å². The molecule has 1 aromatic carbocycles. The highest BCUT2D eigenvalue weighted by molar-refractivity contribution is 7.18. The molecule has 0 aliphatic carbocycles. The Balaban J connectivity index is 1.33. The number of alkyl halides is 3. The number of halogens is 3. The zero-order chi connectivity index (χ0) is 24.6. The van der Waals surface area contributed by atoms with Crippen LogP contribution in [0.1, 0.15) is 32.8 Å². The predicted octanol–water partition coefficient (Wildman–Crippen LogP) is 3.47. The van der Waals surface area contributed by atoms with Crippen molar-refractivity contribution in [1.29, 1.82) is 0 Å². The van der Waals surface area contributed by atoms with Crippen LogP contribution in [0.3, 0.4) is 0 Å². The molecular weight excluding hydrogens is 469 g/mol. The van der Waals surface area contributed by atoms with Crippen molar-refractivity contribution < 1.29 is 22.8 Å². The molecule has 1 fully saturated rings.